The number of sulfonamides is 1. The third-order valence-corrected chi connectivity index (χ3v) is 6.61. The Balaban J connectivity index is 1.67. The highest BCUT2D eigenvalue weighted by atomic mass is 79.9. The van der Waals surface area contributed by atoms with E-state index in [-0.39, 0.29) is 22.8 Å². The second-order valence-corrected chi connectivity index (χ2v) is 9.69. The largest absolute Gasteiger partial charge is 0.460 e. The summed E-state index contributed by atoms with van der Waals surface area (Å²) in [4.78, 5) is 12.6. The number of amides is 1. The van der Waals surface area contributed by atoms with Crippen LogP contribution >= 0.6 is 15.9 Å². The number of benzene rings is 2. The first-order valence-electron chi connectivity index (χ1n) is 9.52. The first-order chi connectivity index (χ1) is 15.2. The molecule has 1 amide bonds. The fourth-order valence-corrected chi connectivity index (χ4v) is 4.00. The van der Waals surface area contributed by atoms with Crippen LogP contribution in [0.4, 0.5) is 5.69 Å². The van der Waals surface area contributed by atoms with Gasteiger partial charge in [-0.15, -0.1) is 0 Å². The third kappa shape index (κ3) is 5.95. The van der Waals surface area contributed by atoms with Gasteiger partial charge in [0.05, 0.1) is 11.4 Å². The Morgan fingerprint density at radius 2 is 1.81 bits per heavy atom. The van der Waals surface area contributed by atoms with Crippen LogP contribution in [0.2, 0.25) is 0 Å². The first-order valence-corrected chi connectivity index (χ1v) is 11.8. The lowest BCUT2D eigenvalue weighted by atomic mass is 10.1. The highest BCUT2D eigenvalue weighted by Gasteiger charge is 2.15. The fourth-order valence-electron chi connectivity index (χ4n) is 2.74. The average molecular weight is 514 g/mol. The third-order valence-electron chi connectivity index (χ3n) is 4.66. The number of halogens is 1. The normalized spacial score (nSPS) is 11.8. The summed E-state index contributed by atoms with van der Waals surface area (Å²) in [5.41, 5.74) is 2.56. The summed E-state index contributed by atoms with van der Waals surface area (Å²) < 4.78 is 33.5. The molecule has 32 heavy (non-hydrogen) atoms. The molecule has 0 unspecified atom stereocenters. The van der Waals surface area contributed by atoms with Crippen molar-refractivity contribution in [3.63, 3.8) is 0 Å². The lowest BCUT2D eigenvalue weighted by Crippen LogP contribution is -2.22. The van der Waals surface area contributed by atoms with E-state index in [2.05, 4.69) is 26.0 Å². The van der Waals surface area contributed by atoms with Crippen molar-refractivity contribution in [3.8, 4) is 6.07 Å². The molecule has 1 heterocycles. The Bertz CT molecular complexity index is 1320. The van der Waals surface area contributed by atoms with Gasteiger partial charge in [-0.1, -0.05) is 22.0 Å². The Kier molecular flexibility index (Phi) is 7.30. The molecule has 0 spiro atoms. The molecule has 2 aromatic carbocycles. The Hall–Kier alpha value is -3.19. The minimum Gasteiger partial charge on any atom is -0.460 e. The summed E-state index contributed by atoms with van der Waals surface area (Å²) in [5.74, 6) is 0.0306. The van der Waals surface area contributed by atoms with Crippen LogP contribution in [0.1, 0.15) is 22.6 Å². The lowest BCUT2D eigenvalue weighted by molar-refractivity contribution is -0.112. The topological polar surface area (TPSA) is 112 Å². The molecule has 1 aromatic heterocycles. The summed E-state index contributed by atoms with van der Waals surface area (Å²) in [5, 5.41) is 12.1. The maximum Gasteiger partial charge on any atom is 0.266 e. The first kappa shape index (κ1) is 23.5. The highest BCUT2D eigenvalue weighted by Crippen LogP contribution is 2.18. The second kappa shape index (κ2) is 9.96. The van der Waals surface area contributed by atoms with E-state index in [4.69, 9.17) is 4.42 Å². The predicted octanol–water partition coefficient (Wildman–Crippen LogP) is 4.68. The molecule has 9 heteroatoms. The Labute approximate surface area is 194 Å². The van der Waals surface area contributed by atoms with Gasteiger partial charge in [0.25, 0.3) is 5.91 Å². The van der Waals surface area contributed by atoms with Gasteiger partial charge in [-0.3, -0.25) is 4.79 Å². The summed E-state index contributed by atoms with van der Waals surface area (Å²) in [7, 11) is -3.71. The van der Waals surface area contributed by atoms with Crippen molar-refractivity contribution < 1.29 is 17.6 Å². The van der Waals surface area contributed by atoms with E-state index in [0.717, 1.165) is 15.6 Å². The van der Waals surface area contributed by atoms with E-state index in [9.17, 15) is 18.5 Å². The lowest BCUT2D eigenvalue weighted by Gasteiger charge is -2.07. The molecular formula is C23H20BrN3O4S. The maximum atomic E-state index is 12.5. The van der Waals surface area contributed by atoms with Gasteiger partial charge >= 0.3 is 0 Å². The number of hydrogen-bond acceptors (Lipinski definition) is 5. The number of nitriles is 1. The van der Waals surface area contributed by atoms with E-state index in [1.165, 1.54) is 18.2 Å². The van der Waals surface area contributed by atoms with Crippen LogP contribution in [0, 0.1) is 25.2 Å². The van der Waals surface area contributed by atoms with Crippen LogP contribution in [0.15, 0.2) is 74.0 Å². The van der Waals surface area contributed by atoms with Crippen LogP contribution in [0.25, 0.3) is 6.08 Å². The second-order valence-electron chi connectivity index (χ2n) is 7.01. The van der Waals surface area contributed by atoms with Crippen LogP contribution < -0.4 is 10.0 Å². The maximum absolute atomic E-state index is 12.5. The van der Waals surface area contributed by atoms with Crippen molar-refractivity contribution >= 4 is 43.6 Å². The molecule has 2 N–H and O–H groups in total. The number of nitrogens with zero attached hydrogens (tertiary/aromatic N) is 1. The van der Waals surface area contributed by atoms with Crippen molar-refractivity contribution in [3.05, 3.63) is 87.3 Å². The molecule has 0 bridgehead atoms. The van der Waals surface area contributed by atoms with Crippen LogP contribution in [-0.4, -0.2) is 14.3 Å². The van der Waals surface area contributed by atoms with Gasteiger partial charge in [0.15, 0.2) is 0 Å². The Morgan fingerprint density at radius 3 is 2.47 bits per heavy atom. The monoisotopic (exact) mass is 513 g/mol. The zero-order valence-corrected chi connectivity index (χ0v) is 19.7. The number of hydrogen-bond donors (Lipinski definition) is 2. The molecule has 0 fully saturated rings. The average Bonchev–Trinajstić information content (AvgIpc) is 3.21. The smallest absolute Gasteiger partial charge is 0.266 e. The highest BCUT2D eigenvalue weighted by molar-refractivity contribution is 9.10. The number of rotatable bonds is 7. The van der Waals surface area contributed by atoms with Gasteiger partial charge in [-0.2, -0.15) is 5.26 Å². The molecule has 0 radical (unpaired) electrons. The van der Waals surface area contributed by atoms with Gasteiger partial charge in [0.2, 0.25) is 10.0 Å². The molecule has 164 valence electrons. The predicted molar refractivity (Wildman–Crippen MR) is 125 cm³/mol. The van der Waals surface area contributed by atoms with Gasteiger partial charge in [0, 0.05) is 16.2 Å². The fraction of sp³-hybridized carbons (Fsp3) is 0.130. The summed E-state index contributed by atoms with van der Waals surface area (Å²) in [6.07, 6.45) is 1.31. The molecule has 0 aliphatic carbocycles. The van der Waals surface area contributed by atoms with E-state index in [1.54, 1.807) is 30.3 Å². The summed E-state index contributed by atoms with van der Waals surface area (Å²) in [6, 6.07) is 16.7. The summed E-state index contributed by atoms with van der Waals surface area (Å²) in [6.45, 7) is 3.82. The van der Waals surface area contributed by atoms with E-state index in [0.29, 0.717) is 11.4 Å². The zero-order valence-electron chi connectivity index (χ0n) is 17.3. The van der Waals surface area contributed by atoms with Crippen molar-refractivity contribution in [2.45, 2.75) is 25.3 Å². The van der Waals surface area contributed by atoms with Gasteiger partial charge in [0.1, 0.15) is 23.2 Å². The van der Waals surface area contributed by atoms with Gasteiger partial charge in [-0.05, 0) is 73.5 Å². The SMILES string of the molecule is Cc1ccc(NC(=O)/C(C#N)=C\c2ccc(CNS(=O)(=O)c3ccc(Br)cc3)o2)cc1C. The molecule has 0 aliphatic heterocycles. The molecule has 0 saturated heterocycles. The van der Waals surface area contributed by atoms with Gasteiger partial charge in [-0.25, -0.2) is 13.1 Å². The van der Waals surface area contributed by atoms with Crippen LogP contribution in [0.3, 0.4) is 0 Å². The number of anilines is 1. The zero-order chi connectivity index (χ0) is 23.3. The molecule has 0 aliphatic rings. The molecule has 0 saturated carbocycles. The van der Waals surface area contributed by atoms with E-state index in [1.807, 2.05) is 32.0 Å². The Morgan fingerprint density at radius 1 is 1.09 bits per heavy atom. The number of furan rings is 1. The number of aryl methyl sites for hydroxylation is 2. The van der Waals surface area contributed by atoms with Crippen molar-refractivity contribution in [1.29, 1.82) is 5.26 Å². The van der Waals surface area contributed by atoms with E-state index >= 15 is 0 Å². The van der Waals surface area contributed by atoms with Crippen molar-refractivity contribution in [2.75, 3.05) is 5.32 Å². The quantitative estimate of drug-likeness (QED) is 0.351. The molecule has 3 rings (SSSR count). The molecule has 7 nitrogen and oxygen atoms in total. The van der Waals surface area contributed by atoms with Crippen molar-refractivity contribution in [2.24, 2.45) is 0 Å². The summed E-state index contributed by atoms with van der Waals surface area (Å²) >= 11 is 3.26. The van der Waals surface area contributed by atoms with Crippen molar-refractivity contribution in [1.82, 2.24) is 4.72 Å². The minimum absolute atomic E-state index is 0.0804. The van der Waals surface area contributed by atoms with Gasteiger partial charge < -0.3 is 9.73 Å². The standard InChI is InChI=1S/C23H20BrN3O4S/c1-15-3-6-19(11-16(15)2)27-23(28)17(13-25)12-20-7-8-21(31-20)14-26-32(29,30)22-9-4-18(24)5-10-22/h3-12,26H,14H2,1-2H3,(H,27,28)/b17-12-. The number of carbonyl (C=O) groups excluding carboxylic acids is 1. The molecular weight excluding hydrogens is 494 g/mol. The molecule has 3 aromatic rings. The van der Waals surface area contributed by atoms with Crippen LogP contribution in [0.5, 0.6) is 0 Å². The van der Waals surface area contributed by atoms with Crippen LogP contribution in [-0.2, 0) is 21.4 Å². The molecule has 0 atom stereocenters. The minimum atomic E-state index is -3.71. The van der Waals surface area contributed by atoms with E-state index < -0.39 is 15.9 Å². The number of carbonyl (C=O) groups is 1. The number of nitrogens with one attached hydrogen (secondary N) is 2.